The second kappa shape index (κ2) is 10.6. The molecule has 1 aliphatic heterocycles. The first-order valence-corrected chi connectivity index (χ1v) is 12.9. The lowest BCUT2D eigenvalue weighted by Crippen LogP contribution is -2.52. The Morgan fingerprint density at radius 1 is 1.10 bits per heavy atom. The molecule has 2 aromatic rings. The zero-order valence-corrected chi connectivity index (χ0v) is 19.6. The highest BCUT2D eigenvalue weighted by atomic mass is 35.5. The molecule has 1 amide bonds. The number of thioether (sulfide) groups is 1. The van der Waals surface area contributed by atoms with E-state index in [-0.39, 0.29) is 16.6 Å². The maximum atomic E-state index is 13.2. The van der Waals surface area contributed by atoms with Gasteiger partial charge in [-0.1, -0.05) is 30.2 Å². The van der Waals surface area contributed by atoms with Crippen molar-refractivity contribution in [1.29, 1.82) is 0 Å². The van der Waals surface area contributed by atoms with Crippen LogP contribution in [0.4, 0.5) is 0 Å². The van der Waals surface area contributed by atoms with Gasteiger partial charge < -0.3 is 5.32 Å². The minimum absolute atomic E-state index is 0.0930. The van der Waals surface area contributed by atoms with Crippen LogP contribution in [0.2, 0.25) is 5.02 Å². The number of sulfonamides is 1. The number of ketones is 1. The summed E-state index contributed by atoms with van der Waals surface area (Å²) in [4.78, 5) is 25.4. The molecular formula is C22H25ClN2O4S2. The Balaban J connectivity index is 1.62. The van der Waals surface area contributed by atoms with E-state index in [1.165, 1.54) is 35.5 Å². The van der Waals surface area contributed by atoms with Crippen molar-refractivity contribution >= 4 is 45.1 Å². The van der Waals surface area contributed by atoms with Crippen LogP contribution in [0.15, 0.2) is 58.3 Å². The topological polar surface area (TPSA) is 83.6 Å². The summed E-state index contributed by atoms with van der Waals surface area (Å²) >= 11 is 7.47. The summed E-state index contributed by atoms with van der Waals surface area (Å²) in [7, 11) is -3.83. The lowest BCUT2D eigenvalue weighted by Gasteiger charge is -2.33. The molecule has 1 fully saturated rings. The van der Waals surface area contributed by atoms with Gasteiger partial charge in [-0.15, -0.1) is 11.8 Å². The molecule has 2 aromatic carbocycles. The number of rotatable bonds is 8. The molecule has 0 radical (unpaired) electrons. The molecule has 1 unspecified atom stereocenters. The van der Waals surface area contributed by atoms with Crippen LogP contribution in [0.1, 0.15) is 36.5 Å². The first-order chi connectivity index (χ1) is 14.8. The zero-order chi connectivity index (χ0) is 22.4. The number of carbonyl (C=O) groups excluding carboxylic acids is 2. The molecule has 1 aliphatic rings. The van der Waals surface area contributed by atoms with Crippen LogP contribution in [0.5, 0.6) is 0 Å². The lowest BCUT2D eigenvalue weighted by atomic mass is 10.0. The molecule has 1 heterocycles. The monoisotopic (exact) mass is 480 g/mol. The standard InChI is InChI=1S/C22H25ClN2O4S2/c1-16(26)17-5-11-20(12-6-17)31(28,29)25-14-3-2-4-21(25)22(27)24-13-15-30-19-9-7-18(23)8-10-19/h5-12,21H,2-4,13-15H2,1H3,(H,24,27). The van der Waals surface area contributed by atoms with Crippen LogP contribution in [-0.2, 0) is 14.8 Å². The fraction of sp³-hybridized carbons (Fsp3) is 0.364. The van der Waals surface area contributed by atoms with Crippen molar-refractivity contribution in [3.8, 4) is 0 Å². The lowest BCUT2D eigenvalue weighted by molar-refractivity contribution is -0.125. The van der Waals surface area contributed by atoms with Crippen LogP contribution < -0.4 is 5.32 Å². The summed E-state index contributed by atoms with van der Waals surface area (Å²) in [6, 6.07) is 12.6. The summed E-state index contributed by atoms with van der Waals surface area (Å²) in [5, 5.41) is 3.55. The smallest absolute Gasteiger partial charge is 0.243 e. The molecule has 0 aromatic heterocycles. The zero-order valence-electron chi connectivity index (χ0n) is 17.2. The molecule has 0 spiro atoms. The van der Waals surface area contributed by atoms with Crippen LogP contribution in [0.25, 0.3) is 0 Å². The van der Waals surface area contributed by atoms with E-state index in [1.807, 2.05) is 24.3 Å². The van der Waals surface area contributed by atoms with Gasteiger partial charge in [0.15, 0.2) is 5.78 Å². The van der Waals surface area contributed by atoms with Gasteiger partial charge in [0, 0.05) is 34.3 Å². The third kappa shape index (κ3) is 6.10. The van der Waals surface area contributed by atoms with Gasteiger partial charge in [-0.05, 0) is 56.2 Å². The third-order valence-electron chi connectivity index (χ3n) is 5.11. The number of carbonyl (C=O) groups is 2. The van der Waals surface area contributed by atoms with Crippen molar-refractivity contribution in [3.63, 3.8) is 0 Å². The summed E-state index contributed by atoms with van der Waals surface area (Å²) < 4.78 is 27.6. The van der Waals surface area contributed by atoms with Crippen molar-refractivity contribution in [1.82, 2.24) is 9.62 Å². The van der Waals surface area contributed by atoms with Crippen molar-refractivity contribution < 1.29 is 18.0 Å². The van der Waals surface area contributed by atoms with Gasteiger partial charge in [0.2, 0.25) is 15.9 Å². The first-order valence-electron chi connectivity index (χ1n) is 10.1. The Hall–Kier alpha value is -1.87. The molecule has 1 N–H and O–H groups in total. The fourth-order valence-electron chi connectivity index (χ4n) is 3.44. The number of hydrogen-bond donors (Lipinski definition) is 1. The number of halogens is 1. The third-order valence-corrected chi connectivity index (χ3v) is 8.30. The van der Waals surface area contributed by atoms with Crippen LogP contribution in [0.3, 0.4) is 0 Å². The molecule has 0 saturated carbocycles. The second-order valence-electron chi connectivity index (χ2n) is 7.30. The van der Waals surface area contributed by atoms with Gasteiger partial charge in [0.05, 0.1) is 4.90 Å². The normalized spacial score (nSPS) is 17.3. The van der Waals surface area contributed by atoms with Crippen LogP contribution in [-0.4, -0.2) is 49.3 Å². The molecule has 3 rings (SSSR count). The SMILES string of the molecule is CC(=O)c1ccc(S(=O)(=O)N2CCCCC2C(=O)NCCSc2ccc(Cl)cc2)cc1. The molecule has 6 nitrogen and oxygen atoms in total. The average Bonchev–Trinajstić information content (AvgIpc) is 2.78. The Morgan fingerprint density at radius 2 is 1.77 bits per heavy atom. The summed E-state index contributed by atoms with van der Waals surface area (Å²) in [6.07, 6.45) is 1.99. The van der Waals surface area contributed by atoms with E-state index in [9.17, 15) is 18.0 Å². The van der Waals surface area contributed by atoms with Gasteiger partial charge >= 0.3 is 0 Å². The minimum atomic E-state index is -3.83. The largest absolute Gasteiger partial charge is 0.354 e. The highest BCUT2D eigenvalue weighted by molar-refractivity contribution is 7.99. The summed E-state index contributed by atoms with van der Waals surface area (Å²) in [5.74, 6) is 0.260. The average molecular weight is 481 g/mol. The van der Waals surface area contributed by atoms with Crippen molar-refractivity contribution in [2.75, 3.05) is 18.8 Å². The van der Waals surface area contributed by atoms with E-state index in [1.54, 1.807) is 11.8 Å². The fourth-order valence-corrected chi connectivity index (χ4v) is 5.99. The molecule has 0 aliphatic carbocycles. The molecule has 0 bridgehead atoms. The number of benzene rings is 2. The van der Waals surface area contributed by atoms with E-state index in [0.717, 1.165) is 11.3 Å². The maximum Gasteiger partial charge on any atom is 0.243 e. The van der Waals surface area contributed by atoms with Crippen molar-refractivity contribution in [2.45, 2.75) is 42.0 Å². The van der Waals surface area contributed by atoms with E-state index >= 15 is 0 Å². The van der Waals surface area contributed by atoms with Gasteiger partial charge in [0.25, 0.3) is 0 Å². The van der Waals surface area contributed by atoms with Gasteiger partial charge in [-0.3, -0.25) is 9.59 Å². The van der Waals surface area contributed by atoms with E-state index in [2.05, 4.69) is 5.32 Å². The van der Waals surface area contributed by atoms with E-state index in [4.69, 9.17) is 11.6 Å². The van der Waals surface area contributed by atoms with E-state index < -0.39 is 16.1 Å². The number of hydrogen-bond acceptors (Lipinski definition) is 5. The second-order valence-corrected chi connectivity index (χ2v) is 10.8. The Labute approximate surface area is 192 Å². The molecule has 1 saturated heterocycles. The molecule has 9 heteroatoms. The molecular weight excluding hydrogens is 456 g/mol. The van der Waals surface area contributed by atoms with Crippen molar-refractivity contribution in [2.24, 2.45) is 0 Å². The van der Waals surface area contributed by atoms with Crippen molar-refractivity contribution in [3.05, 3.63) is 59.1 Å². The van der Waals surface area contributed by atoms with Gasteiger partial charge in [-0.25, -0.2) is 8.42 Å². The minimum Gasteiger partial charge on any atom is -0.354 e. The van der Waals surface area contributed by atoms with Gasteiger partial charge in [0.1, 0.15) is 6.04 Å². The van der Waals surface area contributed by atoms with E-state index in [0.29, 0.717) is 42.3 Å². The number of amides is 1. The maximum absolute atomic E-state index is 13.2. The van der Waals surface area contributed by atoms with Gasteiger partial charge in [-0.2, -0.15) is 4.31 Å². The Kier molecular flexibility index (Phi) is 8.16. The van der Waals surface area contributed by atoms with Crippen LogP contribution in [0, 0.1) is 0 Å². The highest BCUT2D eigenvalue weighted by Crippen LogP contribution is 2.26. The predicted octanol–water partition coefficient (Wildman–Crippen LogP) is 3.99. The Morgan fingerprint density at radius 3 is 2.42 bits per heavy atom. The summed E-state index contributed by atoms with van der Waals surface area (Å²) in [5.41, 5.74) is 0.449. The number of piperidine rings is 1. The Bertz CT molecular complexity index is 1020. The number of Topliss-reactive ketones (excluding diaryl/α,β-unsaturated/α-hetero) is 1. The molecule has 166 valence electrons. The number of nitrogens with zero attached hydrogens (tertiary/aromatic N) is 1. The molecule has 1 atom stereocenters. The molecule has 31 heavy (non-hydrogen) atoms. The number of nitrogens with one attached hydrogen (secondary N) is 1. The first kappa shape index (κ1) is 23.8. The summed E-state index contributed by atoms with van der Waals surface area (Å²) in [6.45, 7) is 2.16. The quantitative estimate of drug-likeness (QED) is 0.351. The highest BCUT2D eigenvalue weighted by Gasteiger charge is 2.37. The predicted molar refractivity (Wildman–Crippen MR) is 123 cm³/mol. The van der Waals surface area contributed by atoms with Crippen LogP contribution >= 0.6 is 23.4 Å².